The number of fused-ring (bicyclic) bond motifs is 1. The van der Waals surface area contributed by atoms with Crippen LogP contribution in [-0.4, -0.2) is 20.9 Å². The fourth-order valence-electron chi connectivity index (χ4n) is 3.51. The molecule has 2 heterocycles. The predicted molar refractivity (Wildman–Crippen MR) is 117 cm³/mol. The van der Waals surface area contributed by atoms with Gasteiger partial charge in [-0.3, -0.25) is 9.52 Å². The van der Waals surface area contributed by atoms with Crippen LogP contribution < -0.4 is 9.62 Å². The van der Waals surface area contributed by atoms with Gasteiger partial charge in [0.2, 0.25) is 0 Å². The lowest BCUT2D eigenvalue weighted by atomic mass is 10.00. The zero-order valence-electron chi connectivity index (χ0n) is 16.1. The average molecular weight is 427 g/mol. The molecule has 0 unspecified atom stereocenters. The van der Waals surface area contributed by atoms with Crippen molar-refractivity contribution in [3.63, 3.8) is 0 Å². The van der Waals surface area contributed by atoms with Gasteiger partial charge in [0, 0.05) is 28.4 Å². The molecule has 29 heavy (non-hydrogen) atoms. The molecule has 2 aromatic carbocycles. The van der Waals surface area contributed by atoms with E-state index in [9.17, 15) is 13.2 Å². The number of carbonyl (C=O) groups is 1. The predicted octanol–water partition coefficient (Wildman–Crippen LogP) is 4.70. The molecule has 3 aromatic rings. The molecule has 5 nitrogen and oxygen atoms in total. The first kappa shape index (κ1) is 19.7. The summed E-state index contributed by atoms with van der Waals surface area (Å²) in [5.41, 5.74) is 2.98. The highest BCUT2D eigenvalue weighted by molar-refractivity contribution is 7.94. The second-order valence-corrected chi connectivity index (χ2v) is 10.0. The van der Waals surface area contributed by atoms with Gasteiger partial charge in [-0.15, -0.1) is 11.3 Å². The van der Waals surface area contributed by atoms with Gasteiger partial charge in [-0.25, -0.2) is 8.42 Å². The molecule has 150 valence electrons. The van der Waals surface area contributed by atoms with E-state index < -0.39 is 10.0 Å². The van der Waals surface area contributed by atoms with Gasteiger partial charge in [0.1, 0.15) is 4.21 Å². The van der Waals surface area contributed by atoms with E-state index in [2.05, 4.69) is 4.72 Å². The van der Waals surface area contributed by atoms with Crippen LogP contribution in [0.5, 0.6) is 0 Å². The number of hydrogen-bond donors (Lipinski definition) is 1. The summed E-state index contributed by atoms with van der Waals surface area (Å²) in [6.45, 7) is 2.66. The molecule has 1 aromatic heterocycles. The third kappa shape index (κ3) is 4.06. The highest BCUT2D eigenvalue weighted by atomic mass is 32.2. The molecular formula is C22H22N2O3S2. The molecule has 0 aliphatic carbocycles. The van der Waals surface area contributed by atoms with Crippen molar-refractivity contribution in [2.24, 2.45) is 0 Å². The van der Waals surface area contributed by atoms with Gasteiger partial charge in [-0.2, -0.15) is 0 Å². The number of benzene rings is 2. The lowest BCUT2D eigenvalue weighted by Gasteiger charge is -2.30. The molecule has 7 heteroatoms. The van der Waals surface area contributed by atoms with Crippen LogP contribution in [0.15, 0.2) is 64.9 Å². The summed E-state index contributed by atoms with van der Waals surface area (Å²) in [5, 5.41) is 0. The maximum atomic E-state index is 12.9. The molecule has 4 rings (SSSR count). The van der Waals surface area contributed by atoms with Crippen LogP contribution in [0.2, 0.25) is 0 Å². The minimum Gasteiger partial charge on any atom is -0.308 e. The van der Waals surface area contributed by atoms with Gasteiger partial charge in [-0.05, 0) is 67.3 Å². The molecule has 1 aliphatic heterocycles. The van der Waals surface area contributed by atoms with Crippen LogP contribution in [0.4, 0.5) is 11.4 Å². The SMILES string of the molecule is CCc1ccc(S(=O)(=O)Nc2ccc3c(c2)CCCN3C(=O)c2ccccc2)s1. The van der Waals surface area contributed by atoms with E-state index in [-0.39, 0.29) is 5.91 Å². The Bertz CT molecular complexity index is 1140. The number of aryl methyl sites for hydroxylation is 2. The molecule has 0 radical (unpaired) electrons. The lowest BCUT2D eigenvalue weighted by Crippen LogP contribution is -2.35. The van der Waals surface area contributed by atoms with Crippen molar-refractivity contribution in [3.8, 4) is 0 Å². The summed E-state index contributed by atoms with van der Waals surface area (Å²) >= 11 is 1.29. The summed E-state index contributed by atoms with van der Waals surface area (Å²) in [7, 11) is -3.61. The number of hydrogen-bond acceptors (Lipinski definition) is 4. The Hall–Kier alpha value is -2.64. The van der Waals surface area contributed by atoms with Gasteiger partial charge in [0.15, 0.2) is 0 Å². The molecule has 0 fully saturated rings. The smallest absolute Gasteiger partial charge is 0.271 e. The highest BCUT2D eigenvalue weighted by Gasteiger charge is 2.24. The third-order valence-electron chi connectivity index (χ3n) is 4.97. The Kier molecular flexibility index (Phi) is 5.43. The summed E-state index contributed by atoms with van der Waals surface area (Å²) in [4.78, 5) is 15.7. The number of carbonyl (C=O) groups excluding carboxylic acids is 1. The topological polar surface area (TPSA) is 66.5 Å². The van der Waals surface area contributed by atoms with E-state index >= 15 is 0 Å². The third-order valence-corrected chi connectivity index (χ3v) is 8.07. The summed E-state index contributed by atoms with van der Waals surface area (Å²) in [6, 6.07) is 18.1. The molecule has 1 amide bonds. The number of sulfonamides is 1. The molecule has 0 spiro atoms. The Morgan fingerprint density at radius 3 is 2.62 bits per heavy atom. The average Bonchev–Trinajstić information content (AvgIpc) is 3.23. The van der Waals surface area contributed by atoms with E-state index in [1.165, 1.54) is 11.3 Å². The summed E-state index contributed by atoms with van der Waals surface area (Å²) < 4.78 is 28.4. The van der Waals surface area contributed by atoms with Gasteiger partial charge in [0.25, 0.3) is 15.9 Å². The fourth-order valence-corrected chi connectivity index (χ4v) is 5.85. The number of amides is 1. The zero-order valence-corrected chi connectivity index (χ0v) is 17.7. The van der Waals surface area contributed by atoms with Gasteiger partial charge in [-0.1, -0.05) is 25.1 Å². The standard InChI is InChI=1S/C22H22N2O3S2/c1-2-19-11-13-21(28-19)29(26,27)23-18-10-12-20-17(15-18)9-6-14-24(20)22(25)16-7-4-3-5-8-16/h3-5,7-8,10-13,15,23H,2,6,9,14H2,1H3. The Balaban J connectivity index is 1.59. The van der Waals surface area contributed by atoms with E-state index in [1.54, 1.807) is 17.0 Å². The largest absolute Gasteiger partial charge is 0.308 e. The van der Waals surface area contributed by atoms with Crippen molar-refractivity contribution in [3.05, 3.63) is 76.7 Å². The zero-order chi connectivity index (χ0) is 20.4. The van der Waals surface area contributed by atoms with Crippen LogP contribution in [0.3, 0.4) is 0 Å². The number of thiophene rings is 1. The minimum absolute atomic E-state index is 0.0365. The molecule has 0 saturated heterocycles. The molecule has 1 aliphatic rings. The van der Waals surface area contributed by atoms with Crippen LogP contribution in [0, 0.1) is 0 Å². The van der Waals surface area contributed by atoms with Crippen molar-refractivity contribution in [2.75, 3.05) is 16.2 Å². The number of nitrogens with one attached hydrogen (secondary N) is 1. The molecule has 0 saturated carbocycles. The van der Waals surface area contributed by atoms with Crippen LogP contribution in [0.1, 0.15) is 34.1 Å². The van der Waals surface area contributed by atoms with Crippen molar-refractivity contribution in [2.45, 2.75) is 30.4 Å². The van der Waals surface area contributed by atoms with Crippen molar-refractivity contribution < 1.29 is 13.2 Å². The second kappa shape index (κ2) is 8.00. The maximum Gasteiger partial charge on any atom is 0.271 e. The molecule has 0 bridgehead atoms. The number of nitrogens with zero attached hydrogens (tertiary/aromatic N) is 1. The van der Waals surface area contributed by atoms with E-state index in [0.717, 1.165) is 35.4 Å². The van der Waals surface area contributed by atoms with E-state index in [1.807, 2.05) is 55.5 Å². The van der Waals surface area contributed by atoms with Gasteiger partial charge >= 0.3 is 0 Å². The van der Waals surface area contributed by atoms with Gasteiger partial charge < -0.3 is 4.90 Å². The first-order valence-electron chi connectivity index (χ1n) is 9.59. The Labute approximate surface area is 175 Å². The molecule has 1 N–H and O–H groups in total. The highest BCUT2D eigenvalue weighted by Crippen LogP contribution is 2.32. The number of anilines is 2. The Morgan fingerprint density at radius 2 is 1.90 bits per heavy atom. The lowest BCUT2D eigenvalue weighted by molar-refractivity contribution is 0.0985. The quantitative estimate of drug-likeness (QED) is 0.643. The first-order chi connectivity index (χ1) is 14.0. The molecular weight excluding hydrogens is 404 g/mol. The van der Waals surface area contributed by atoms with Crippen LogP contribution in [0.25, 0.3) is 0 Å². The maximum absolute atomic E-state index is 12.9. The second-order valence-electron chi connectivity index (χ2n) is 6.95. The minimum atomic E-state index is -3.61. The molecule has 0 atom stereocenters. The van der Waals surface area contributed by atoms with E-state index in [4.69, 9.17) is 0 Å². The first-order valence-corrected chi connectivity index (χ1v) is 11.9. The fraction of sp³-hybridized carbons (Fsp3) is 0.227. The summed E-state index contributed by atoms with van der Waals surface area (Å²) in [6.07, 6.45) is 2.46. The number of rotatable bonds is 5. The summed E-state index contributed by atoms with van der Waals surface area (Å²) in [5.74, 6) is -0.0365. The van der Waals surface area contributed by atoms with Gasteiger partial charge in [0.05, 0.1) is 0 Å². The van der Waals surface area contributed by atoms with Crippen molar-refractivity contribution in [1.82, 2.24) is 0 Å². The Morgan fingerprint density at radius 1 is 1.10 bits per heavy atom. The van der Waals surface area contributed by atoms with Crippen LogP contribution >= 0.6 is 11.3 Å². The van der Waals surface area contributed by atoms with E-state index in [0.29, 0.717) is 22.0 Å². The monoisotopic (exact) mass is 426 g/mol. The van der Waals surface area contributed by atoms with Crippen LogP contribution in [-0.2, 0) is 22.9 Å². The van der Waals surface area contributed by atoms with Crippen molar-refractivity contribution >= 4 is 38.6 Å². The normalized spacial score (nSPS) is 13.8. The van der Waals surface area contributed by atoms with Crippen molar-refractivity contribution in [1.29, 1.82) is 0 Å².